The molecule has 12 heavy (non-hydrogen) atoms. The van der Waals surface area contributed by atoms with Crippen molar-refractivity contribution in [3.8, 4) is 0 Å². The highest BCUT2D eigenvalue weighted by Crippen LogP contribution is 2.40. The van der Waals surface area contributed by atoms with E-state index in [4.69, 9.17) is 5.73 Å². The van der Waals surface area contributed by atoms with E-state index in [0.29, 0.717) is 6.54 Å². The molecule has 0 aliphatic heterocycles. The molecular weight excluding hydrogens is 152 g/mol. The second-order valence-corrected chi connectivity index (χ2v) is 3.93. The summed E-state index contributed by atoms with van der Waals surface area (Å²) >= 11 is 0. The van der Waals surface area contributed by atoms with Crippen LogP contribution in [0, 0.1) is 5.41 Å². The van der Waals surface area contributed by atoms with Gasteiger partial charge in [0.15, 0.2) is 0 Å². The van der Waals surface area contributed by atoms with E-state index < -0.39 is 0 Å². The zero-order valence-electron chi connectivity index (χ0n) is 7.97. The van der Waals surface area contributed by atoms with Crippen molar-refractivity contribution in [3.63, 3.8) is 0 Å². The minimum Gasteiger partial charge on any atom is -0.345 e. The van der Waals surface area contributed by atoms with Crippen LogP contribution in [0.3, 0.4) is 0 Å². The average molecular weight is 170 g/mol. The summed E-state index contributed by atoms with van der Waals surface area (Å²) in [6.45, 7) is 3.15. The van der Waals surface area contributed by atoms with E-state index in [1.54, 1.807) is 11.8 Å². The van der Waals surface area contributed by atoms with Crippen LogP contribution in [0.1, 0.15) is 26.2 Å². The largest absolute Gasteiger partial charge is 0.345 e. The van der Waals surface area contributed by atoms with Gasteiger partial charge in [-0.25, -0.2) is 0 Å². The minimum atomic E-state index is 0.134. The van der Waals surface area contributed by atoms with E-state index in [0.717, 1.165) is 6.54 Å². The highest BCUT2D eigenvalue weighted by molar-refractivity contribution is 5.72. The molecule has 0 heterocycles. The summed E-state index contributed by atoms with van der Waals surface area (Å²) in [7, 11) is 1.85. The van der Waals surface area contributed by atoms with Gasteiger partial charge in [-0.1, -0.05) is 6.42 Å². The number of amides is 1. The van der Waals surface area contributed by atoms with Crippen LogP contribution >= 0.6 is 0 Å². The first kappa shape index (κ1) is 9.52. The topological polar surface area (TPSA) is 46.3 Å². The van der Waals surface area contributed by atoms with Gasteiger partial charge < -0.3 is 10.6 Å². The van der Waals surface area contributed by atoms with Gasteiger partial charge in [0, 0.05) is 25.9 Å². The molecule has 3 heteroatoms. The highest BCUT2D eigenvalue weighted by Gasteiger charge is 2.36. The molecule has 0 aromatic carbocycles. The molecule has 70 valence electrons. The number of carbonyl (C=O) groups is 1. The zero-order valence-corrected chi connectivity index (χ0v) is 7.97. The summed E-state index contributed by atoms with van der Waals surface area (Å²) < 4.78 is 0. The second-order valence-electron chi connectivity index (χ2n) is 3.93. The Hall–Kier alpha value is -0.570. The monoisotopic (exact) mass is 170 g/mol. The predicted octanol–water partition coefficient (Wildman–Crippen LogP) is 0.594. The number of hydrogen-bond donors (Lipinski definition) is 1. The molecule has 0 unspecified atom stereocenters. The summed E-state index contributed by atoms with van der Waals surface area (Å²) in [5.74, 6) is 0.134. The molecule has 1 rings (SSSR count). The summed E-state index contributed by atoms with van der Waals surface area (Å²) in [5.41, 5.74) is 5.93. The van der Waals surface area contributed by atoms with Crippen LogP contribution in [0.4, 0.5) is 0 Å². The van der Waals surface area contributed by atoms with E-state index >= 15 is 0 Å². The molecule has 0 aromatic rings. The van der Waals surface area contributed by atoms with Crippen molar-refractivity contribution in [1.29, 1.82) is 0 Å². The van der Waals surface area contributed by atoms with E-state index in [1.807, 2.05) is 7.05 Å². The first-order chi connectivity index (χ1) is 5.59. The number of hydrogen-bond acceptors (Lipinski definition) is 2. The number of nitrogens with two attached hydrogens (primary N) is 1. The summed E-state index contributed by atoms with van der Waals surface area (Å²) in [4.78, 5) is 12.7. The Morgan fingerprint density at radius 3 is 2.42 bits per heavy atom. The zero-order chi connectivity index (χ0) is 9.19. The maximum absolute atomic E-state index is 11.0. The van der Waals surface area contributed by atoms with Gasteiger partial charge in [0.2, 0.25) is 5.91 Å². The molecule has 2 N–H and O–H groups in total. The van der Waals surface area contributed by atoms with Crippen LogP contribution in [0.15, 0.2) is 0 Å². The lowest BCUT2D eigenvalue weighted by molar-refractivity contribution is -0.129. The van der Waals surface area contributed by atoms with Gasteiger partial charge in [-0.05, 0) is 19.4 Å². The third-order valence-electron chi connectivity index (χ3n) is 2.96. The molecule has 0 bridgehead atoms. The van der Waals surface area contributed by atoms with Crippen molar-refractivity contribution in [2.75, 3.05) is 20.1 Å². The third-order valence-corrected chi connectivity index (χ3v) is 2.96. The van der Waals surface area contributed by atoms with Crippen LogP contribution in [0.25, 0.3) is 0 Å². The van der Waals surface area contributed by atoms with Gasteiger partial charge in [0.1, 0.15) is 0 Å². The van der Waals surface area contributed by atoms with E-state index in [-0.39, 0.29) is 11.3 Å². The lowest BCUT2D eigenvalue weighted by Crippen LogP contribution is -2.47. The van der Waals surface area contributed by atoms with Crippen LogP contribution in [-0.2, 0) is 4.79 Å². The second kappa shape index (κ2) is 3.44. The minimum absolute atomic E-state index is 0.134. The molecular formula is C9H18N2O. The Balaban J connectivity index is 2.42. The smallest absolute Gasteiger partial charge is 0.219 e. The summed E-state index contributed by atoms with van der Waals surface area (Å²) in [6.07, 6.45) is 3.63. The summed E-state index contributed by atoms with van der Waals surface area (Å²) in [5, 5.41) is 0. The highest BCUT2D eigenvalue weighted by atomic mass is 16.2. The predicted molar refractivity (Wildman–Crippen MR) is 48.6 cm³/mol. The molecule has 0 spiro atoms. The molecule has 0 atom stereocenters. The number of rotatable bonds is 3. The van der Waals surface area contributed by atoms with Gasteiger partial charge in [-0.15, -0.1) is 0 Å². The summed E-state index contributed by atoms with van der Waals surface area (Å²) in [6, 6.07) is 0. The third kappa shape index (κ3) is 1.78. The standard InChI is InChI=1S/C9H18N2O/c1-8(12)11(2)7-9(6-10)4-3-5-9/h3-7,10H2,1-2H3. The fourth-order valence-corrected chi connectivity index (χ4v) is 1.72. The fraction of sp³-hybridized carbons (Fsp3) is 0.889. The van der Waals surface area contributed by atoms with Crippen LogP contribution < -0.4 is 5.73 Å². The fourth-order valence-electron chi connectivity index (χ4n) is 1.72. The number of carbonyl (C=O) groups excluding carboxylic acids is 1. The Morgan fingerprint density at radius 2 is 2.17 bits per heavy atom. The Kier molecular flexibility index (Phi) is 2.73. The van der Waals surface area contributed by atoms with Crippen LogP contribution in [-0.4, -0.2) is 30.9 Å². The van der Waals surface area contributed by atoms with Crippen molar-refractivity contribution < 1.29 is 4.79 Å². The molecule has 1 aliphatic carbocycles. The molecule has 1 saturated carbocycles. The average Bonchev–Trinajstić information content (AvgIpc) is 1.96. The van der Waals surface area contributed by atoms with Gasteiger partial charge in [0.25, 0.3) is 0 Å². The number of nitrogens with zero attached hydrogens (tertiary/aromatic N) is 1. The first-order valence-electron chi connectivity index (χ1n) is 4.51. The van der Waals surface area contributed by atoms with Gasteiger partial charge in [0.05, 0.1) is 0 Å². The Bertz CT molecular complexity index is 170. The Morgan fingerprint density at radius 1 is 1.58 bits per heavy atom. The lowest BCUT2D eigenvalue weighted by Gasteiger charge is -2.43. The maximum Gasteiger partial charge on any atom is 0.219 e. The van der Waals surface area contributed by atoms with Crippen molar-refractivity contribution in [3.05, 3.63) is 0 Å². The van der Waals surface area contributed by atoms with Gasteiger partial charge in [-0.3, -0.25) is 4.79 Å². The molecule has 1 amide bonds. The van der Waals surface area contributed by atoms with Gasteiger partial charge in [-0.2, -0.15) is 0 Å². The first-order valence-corrected chi connectivity index (χ1v) is 4.51. The van der Waals surface area contributed by atoms with Crippen molar-refractivity contribution in [2.24, 2.45) is 11.1 Å². The van der Waals surface area contributed by atoms with Gasteiger partial charge >= 0.3 is 0 Å². The molecule has 0 aromatic heterocycles. The molecule has 1 fully saturated rings. The quantitative estimate of drug-likeness (QED) is 0.674. The van der Waals surface area contributed by atoms with Crippen LogP contribution in [0.5, 0.6) is 0 Å². The maximum atomic E-state index is 11.0. The van der Waals surface area contributed by atoms with E-state index in [2.05, 4.69) is 0 Å². The molecule has 1 aliphatic rings. The van der Waals surface area contributed by atoms with E-state index in [9.17, 15) is 4.79 Å². The van der Waals surface area contributed by atoms with Crippen molar-refractivity contribution in [2.45, 2.75) is 26.2 Å². The van der Waals surface area contributed by atoms with Crippen molar-refractivity contribution in [1.82, 2.24) is 4.90 Å². The van der Waals surface area contributed by atoms with Crippen LogP contribution in [0.2, 0.25) is 0 Å². The SMILES string of the molecule is CC(=O)N(C)CC1(CN)CCC1. The molecule has 0 saturated heterocycles. The Labute approximate surface area is 73.9 Å². The van der Waals surface area contributed by atoms with E-state index in [1.165, 1.54) is 19.3 Å². The van der Waals surface area contributed by atoms with Crippen molar-refractivity contribution >= 4 is 5.91 Å². The normalized spacial score (nSPS) is 19.9. The lowest BCUT2D eigenvalue weighted by atomic mass is 9.68. The molecule has 0 radical (unpaired) electrons. The molecule has 3 nitrogen and oxygen atoms in total.